The first kappa shape index (κ1) is 15.3. The molecule has 0 fully saturated rings. The Morgan fingerprint density at radius 1 is 1.30 bits per heavy atom. The number of para-hydroxylation sites is 1. The number of benzene rings is 1. The summed E-state index contributed by atoms with van der Waals surface area (Å²) in [6.07, 6.45) is 1.96. The number of anilines is 1. The second kappa shape index (κ2) is 7.10. The van der Waals surface area contributed by atoms with Gasteiger partial charge in [0.25, 0.3) is 0 Å². The number of hydrogen-bond donors (Lipinski definition) is 1. The molecule has 0 aliphatic rings. The molecule has 0 aliphatic heterocycles. The summed E-state index contributed by atoms with van der Waals surface area (Å²) < 4.78 is 1.74. The molecular weight excluding hydrogens is 310 g/mol. The molecule has 1 amide bonds. The lowest BCUT2D eigenvalue weighted by molar-refractivity contribution is -0.115. The standard InChI is InChI=1S/C13H15N3OS3/c1-8-6-4-5-7-10(8)14-11(17)9(2)19-13-16-15-12(18-3)20-13/h4-7,9H,1-3H3,(H,14,17)/t9-/m0/s1. The second-order valence-electron chi connectivity index (χ2n) is 4.10. The highest BCUT2D eigenvalue weighted by molar-refractivity contribution is 8.03. The molecule has 1 atom stereocenters. The molecule has 0 aliphatic carbocycles. The summed E-state index contributed by atoms with van der Waals surface area (Å²) in [6.45, 7) is 3.85. The Balaban J connectivity index is 1.97. The first-order chi connectivity index (χ1) is 9.60. The van der Waals surface area contributed by atoms with Crippen LogP contribution < -0.4 is 5.32 Å². The van der Waals surface area contributed by atoms with Crippen LogP contribution in [-0.2, 0) is 4.79 Å². The van der Waals surface area contributed by atoms with Gasteiger partial charge in [-0.05, 0) is 31.7 Å². The van der Waals surface area contributed by atoms with E-state index in [9.17, 15) is 4.79 Å². The lowest BCUT2D eigenvalue weighted by atomic mass is 10.2. The molecule has 1 aromatic heterocycles. The quantitative estimate of drug-likeness (QED) is 0.850. The fourth-order valence-corrected chi connectivity index (χ4v) is 4.06. The van der Waals surface area contributed by atoms with Crippen molar-refractivity contribution in [1.29, 1.82) is 0 Å². The minimum atomic E-state index is -0.211. The predicted octanol–water partition coefficient (Wildman–Crippen LogP) is 3.69. The van der Waals surface area contributed by atoms with E-state index in [-0.39, 0.29) is 11.2 Å². The zero-order valence-corrected chi connectivity index (χ0v) is 13.9. The van der Waals surface area contributed by atoms with Crippen molar-refractivity contribution in [2.24, 2.45) is 0 Å². The lowest BCUT2D eigenvalue weighted by Crippen LogP contribution is -2.22. The molecule has 2 rings (SSSR count). The van der Waals surface area contributed by atoms with Gasteiger partial charge in [-0.25, -0.2) is 0 Å². The van der Waals surface area contributed by atoms with E-state index in [1.165, 1.54) is 23.1 Å². The summed E-state index contributed by atoms with van der Waals surface area (Å²) in [7, 11) is 0. The van der Waals surface area contributed by atoms with Crippen LogP contribution in [-0.4, -0.2) is 27.6 Å². The monoisotopic (exact) mass is 325 g/mol. The molecule has 106 valence electrons. The first-order valence-electron chi connectivity index (χ1n) is 6.01. The summed E-state index contributed by atoms with van der Waals surface area (Å²) in [6, 6.07) is 7.74. The van der Waals surface area contributed by atoms with Crippen LogP contribution in [0.1, 0.15) is 12.5 Å². The Labute approximate surface area is 130 Å². The van der Waals surface area contributed by atoms with Gasteiger partial charge in [-0.15, -0.1) is 10.2 Å². The normalized spacial score (nSPS) is 12.2. The molecule has 1 heterocycles. The fraction of sp³-hybridized carbons (Fsp3) is 0.308. The van der Waals surface area contributed by atoms with Crippen molar-refractivity contribution < 1.29 is 4.79 Å². The molecule has 0 saturated heterocycles. The van der Waals surface area contributed by atoms with Gasteiger partial charge in [0.15, 0.2) is 8.68 Å². The minimum Gasteiger partial charge on any atom is -0.325 e. The number of amides is 1. The Kier molecular flexibility index (Phi) is 5.45. The van der Waals surface area contributed by atoms with E-state index in [0.717, 1.165) is 19.9 Å². The molecule has 0 radical (unpaired) electrons. The van der Waals surface area contributed by atoms with Crippen molar-refractivity contribution in [2.75, 3.05) is 11.6 Å². The highest BCUT2D eigenvalue weighted by atomic mass is 32.2. The van der Waals surface area contributed by atoms with Crippen LogP contribution in [0.3, 0.4) is 0 Å². The number of nitrogens with zero attached hydrogens (tertiary/aromatic N) is 2. The van der Waals surface area contributed by atoms with Gasteiger partial charge in [0, 0.05) is 5.69 Å². The van der Waals surface area contributed by atoms with Gasteiger partial charge in [-0.2, -0.15) is 0 Å². The Morgan fingerprint density at radius 2 is 2.00 bits per heavy atom. The Morgan fingerprint density at radius 3 is 2.65 bits per heavy atom. The highest BCUT2D eigenvalue weighted by Crippen LogP contribution is 2.30. The maximum absolute atomic E-state index is 12.2. The molecule has 0 spiro atoms. The summed E-state index contributed by atoms with van der Waals surface area (Å²) in [4.78, 5) is 12.2. The maximum Gasteiger partial charge on any atom is 0.237 e. The fourth-order valence-electron chi connectivity index (χ4n) is 1.48. The van der Waals surface area contributed by atoms with Crippen molar-refractivity contribution in [3.63, 3.8) is 0 Å². The van der Waals surface area contributed by atoms with Crippen LogP contribution in [0.25, 0.3) is 0 Å². The number of hydrogen-bond acceptors (Lipinski definition) is 6. The van der Waals surface area contributed by atoms with Crippen LogP contribution in [0.5, 0.6) is 0 Å². The van der Waals surface area contributed by atoms with Crippen molar-refractivity contribution in [3.8, 4) is 0 Å². The first-order valence-corrected chi connectivity index (χ1v) is 8.93. The van der Waals surface area contributed by atoms with E-state index in [1.54, 1.807) is 11.8 Å². The zero-order chi connectivity index (χ0) is 14.5. The molecular formula is C13H15N3OS3. The summed E-state index contributed by atoms with van der Waals surface area (Å²) >= 11 is 4.50. The van der Waals surface area contributed by atoms with Crippen LogP contribution >= 0.6 is 34.9 Å². The molecule has 1 N–H and O–H groups in total. The largest absolute Gasteiger partial charge is 0.325 e. The topological polar surface area (TPSA) is 54.9 Å². The van der Waals surface area contributed by atoms with Gasteiger partial charge in [0.05, 0.1) is 5.25 Å². The number of aryl methyl sites for hydroxylation is 1. The molecule has 4 nitrogen and oxygen atoms in total. The summed E-state index contributed by atoms with van der Waals surface area (Å²) in [5.74, 6) is -0.0230. The van der Waals surface area contributed by atoms with Crippen molar-refractivity contribution in [2.45, 2.75) is 27.8 Å². The van der Waals surface area contributed by atoms with Crippen molar-refractivity contribution >= 4 is 46.5 Å². The van der Waals surface area contributed by atoms with Crippen LogP contribution in [0.4, 0.5) is 5.69 Å². The number of nitrogens with one attached hydrogen (secondary N) is 1. The van der Waals surface area contributed by atoms with E-state index in [2.05, 4.69) is 15.5 Å². The van der Waals surface area contributed by atoms with Gasteiger partial charge in [-0.1, -0.05) is 53.1 Å². The van der Waals surface area contributed by atoms with E-state index < -0.39 is 0 Å². The molecule has 0 unspecified atom stereocenters. The van der Waals surface area contributed by atoms with Gasteiger partial charge < -0.3 is 5.32 Å². The van der Waals surface area contributed by atoms with E-state index in [0.29, 0.717) is 0 Å². The van der Waals surface area contributed by atoms with Gasteiger partial charge in [-0.3, -0.25) is 4.79 Å². The van der Waals surface area contributed by atoms with Crippen molar-refractivity contribution in [1.82, 2.24) is 10.2 Å². The summed E-state index contributed by atoms with van der Waals surface area (Å²) in [5.41, 5.74) is 1.91. The van der Waals surface area contributed by atoms with Gasteiger partial charge in [0.1, 0.15) is 0 Å². The van der Waals surface area contributed by atoms with Gasteiger partial charge in [0.2, 0.25) is 5.91 Å². The number of thioether (sulfide) groups is 2. The smallest absolute Gasteiger partial charge is 0.237 e. The predicted molar refractivity (Wildman–Crippen MR) is 86.8 cm³/mol. The SMILES string of the molecule is CSc1nnc(S[C@@H](C)C(=O)Nc2ccccc2C)s1. The molecule has 1 aromatic carbocycles. The molecule has 2 aromatic rings. The Hall–Kier alpha value is -1.05. The number of carbonyl (C=O) groups is 1. The van der Waals surface area contributed by atoms with E-state index in [4.69, 9.17) is 0 Å². The van der Waals surface area contributed by atoms with Crippen LogP contribution in [0.15, 0.2) is 32.9 Å². The van der Waals surface area contributed by atoms with Crippen molar-refractivity contribution in [3.05, 3.63) is 29.8 Å². The maximum atomic E-state index is 12.2. The lowest BCUT2D eigenvalue weighted by Gasteiger charge is -2.11. The third kappa shape index (κ3) is 3.97. The van der Waals surface area contributed by atoms with Crippen LogP contribution in [0, 0.1) is 6.92 Å². The average molecular weight is 325 g/mol. The molecule has 7 heteroatoms. The zero-order valence-electron chi connectivity index (χ0n) is 11.4. The third-order valence-electron chi connectivity index (χ3n) is 2.61. The third-order valence-corrected chi connectivity index (χ3v) is 5.70. The Bertz CT molecular complexity index is 600. The number of carbonyl (C=O) groups excluding carboxylic acids is 1. The summed E-state index contributed by atoms with van der Waals surface area (Å²) in [5, 5.41) is 10.8. The molecule has 0 saturated carbocycles. The molecule has 20 heavy (non-hydrogen) atoms. The van der Waals surface area contributed by atoms with E-state index >= 15 is 0 Å². The molecule has 0 bridgehead atoms. The highest BCUT2D eigenvalue weighted by Gasteiger charge is 2.17. The van der Waals surface area contributed by atoms with Crippen LogP contribution in [0.2, 0.25) is 0 Å². The van der Waals surface area contributed by atoms with E-state index in [1.807, 2.05) is 44.4 Å². The second-order valence-corrected chi connectivity index (χ2v) is 7.72. The number of aromatic nitrogens is 2. The number of rotatable bonds is 5. The average Bonchev–Trinajstić information content (AvgIpc) is 2.89. The van der Waals surface area contributed by atoms with Gasteiger partial charge >= 0.3 is 0 Å². The minimum absolute atomic E-state index is 0.0230.